The average molecular weight is 699 g/mol. The first-order valence-electron chi connectivity index (χ1n) is 18.6. The molecule has 1 aromatic carbocycles. The van der Waals surface area contributed by atoms with Crippen LogP contribution in [0.4, 0.5) is 0 Å². The quantitative estimate of drug-likeness (QED) is 0.181. The predicted molar refractivity (Wildman–Crippen MR) is 209 cm³/mol. The molecule has 52 heavy (non-hydrogen) atoms. The number of hydrogen-bond donors (Lipinski definition) is 4. The Morgan fingerprint density at radius 3 is 2.37 bits per heavy atom. The number of fused-ring (bicyclic) bond motifs is 5. The Morgan fingerprint density at radius 1 is 0.923 bits per heavy atom. The molecule has 1 aromatic rings. The maximum Gasteiger partial charge on any atom is 0.220 e. The molecule has 1 aliphatic carbocycles. The second-order valence-corrected chi connectivity index (χ2v) is 14.6. The number of nitrogens with zero attached hydrogens (tertiary/aromatic N) is 3. The largest absolute Gasteiger partial charge is 0.511 e. The third-order valence-electron chi connectivity index (χ3n) is 11.2. The van der Waals surface area contributed by atoms with Gasteiger partial charge in [0.15, 0.2) is 0 Å². The number of ether oxygens (including phenoxy) is 1. The Morgan fingerprint density at radius 2 is 1.63 bits per heavy atom. The van der Waals surface area contributed by atoms with Gasteiger partial charge in [0.2, 0.25) is 5.91 Å². The van der Waals surface area contributed by atoms with Crippen molar-refractivity contribution in [3.05, 3.63) is 127 Å². The zero-order chi connectivity index (χ0) is 36.7. The van der Waals surface area contributed by atoms with Crippen molar-refractivity contribution in [1.29, 1.82) is 0 Å². The molecular weight excluding hydrogens is 649 g/mol. The molecule has 1 unspecified atom stereocenters. The van der Waals surface area contributed by atoms with Gasteiger partial charge in [0.1, 0.15) is 5.76 Å². The highest BCUT2D eigenvalue weighted by molar-refractivity contribution is 6.21. The summed E-state index contributed by atoms with van der Waals surface area (Å²) in [6.45, 7) is 15.0. The number of allylic oxidation sites excluding steroid dienone is 11. The molecule has 5 heterocycles. The minimum Gasteiger partial charge on any atom is -0.511 e. The van der Waals surface area contributed by atoms with Crippen LogP contribution in [0, 0.1) is 18.8 Å². The van der Waals surface area contributed by atoms with E-state index in [4.69, 9.17) is 19.7 Å². The summed E-state index contributed by atoms with van der Waals surface area (Å²) in [5, 5.41) is 21.3. The molecule has 1 saturated heterocycles. The minimum absolute atomic E-state index is 0.0296. The van der Waals surface area contributed by atoms with E-state index in [0.717, 1.165) is 97.6 Å². The van der Waals surface area contributed by atoms with Crippen LogP contribution in [0.15, 0.2) is 131 Å². The molecule has 0 radical (unpaired) electrons. The summed E-state index contributed by atoms with van der Waals surface area (Å²) in [4.78, 5) is 28.5. The first-order chi connectivity index (χ1) is 25.1. The zero-order valence-corrected chi connectivity index (χ0v) is 31.5. The number of hydrogen-bond acceptors (Lipinski definition) is 8. The summed E-state index contributed by atoms with van der Waals surface area (Å²) in [5.74, 6) is 0.482. The number of aliphatic hydroxyl groups excluding tert-OH is 1. The molecule has 2 atom stereocenters. The van der Waals surface area contributed by atoms with Gasteiger partial charge in [0, 0.05) is 65.9 Å². The lowest BCUT2D eigenvalue weighted by Gasteiger charge is -2.18. The van der Waals surface area contributed by atoms with Gasteiger partial charge < -0.3 is 25.8 Å². The summed E-state index contributed by atoms with van der Waals surface area (Å²) in [5.41, 5.74) is 16.8. The van der Waals surface area contributed by atoms with Crippen molar-refractivity contribution in [2.45, 2.75) is 73.8 Å². The molecule has 6 aliphatic rings. The van der Waals surface area contributed by atoms with E-state index in [-0.39, 0.29) is 17.7 Å². The molecule has 9 nitrogen and oxygen atoms in total. The van der Waals surface area contributed by atoms with Crippen molar-refractivity contribution < 1.29 is 14.6 Å². The molecule has 0 spiro atoms. The van der Waals surface area contributed by atoms with Gasteiger partial charge in [-0.15, -0.1) is 0 Å². The average Bonchev–Trinajstić information content (AvgIpc) is 3.87. The molecular formula is C43H50N6O3. The second-order valence-electron chi connectivity index (χ2n) is 14.6. The number of amides is 1. The zero-order valence-electron chi connectivity index (χ0n) is 31.5. The van der Waals surface area contributed by atoms with Crippen LogP contribution in [0.1, 0.15) is 71.4 Å². The summed E-state index contributed by atoms with van der Waals surface area (Å²) < 4.78 is 6.34. The number of carbonyl (C=O) groups excluding carboxylic acids is 1. The van der Waals surface area contributed by atoms with Crippen molar-refractivity contribution in [2.24, 2.45) is 26.8 Å². The van der Waals surface area contributed by atoms with Crippen molar-refractivity contribution in [3.63, 3.8) is 0 Å². The lowest BCUT2D eigenvalue weighted by molar-refractivity contribution is -0.121. The predicted octanol–water partition coefficient (Wildman–Crippen LogP) is 7.30. The van der Waals surface area contributed by atoms with E-state index in [1.54, 1.807) is 0 Å². The number of aryl methyl sites for hydroxylation is 1. The Bertz CT molecular complexity index is 2080. The minimum atomic E-state index is 0.0296. The maximum atomic E-state index is 12.9. The molecule has 9 heteroatoms. The van der Waals surface area contributed by atoms with Gasteiger partial charge in [-0.25, -0.2) is 15.0 Å². The lowest BCUT2D eigenvalue weighted by Crippen LogP contribution is -2.30. The highest BCUT2D eigenvalue weighted by atomic mass is 16.5. The van der Waals surface area contributed by atoms with Crippen LogP contribution in [0.3, 0.4) is 0 Å². The third kappa shape index (κ3) is 6.63. The fraction of sp³-hybridized carbons (Fsp3) is 0.395. The summed E-state index contributed by atoms with van der Waals surface area (Å²) >= 11 is 0. The van der Waals surface area contributed by atoms with Gasteiger partial charge in [0.25, 0.3) is 0 Å². The van der Waals surface area contributed by atoms with Gasteiger partial charge in [-0.2, -0.15) is 0 Å². The van der Waals surface area contributed by atoms with Gasteiger partial charge >= 0.3 is 0 Å². The topological polar surface area (TPSA) is 120 Å². The summed E-state index contributed by atoms with van der Waals surface area (Å²) in [7, 11) is 1.88. The lowest BCUT2D eigenvalue weighted by atomic mass is 9.86. The van der Waals surface area contributed by atoms with E-state index in [1.165, 1.54) is 11.1 Å². The molecule has 1 fully saturated rings. The molecule has 0 saturated carbocycles. The third-order valence-corrected chi connectivity index (χ3v) is 11.2. The second kappa shape index (κ2) is 14.6. The van der Waals surface area contributed by atoms with Gasteiger partial charge in [-0.05, 0) is 93.7 Å². The number of carbonyl (C=O) groups is 1. The first kappa shape index (κ1) is 35.5. The Hall–Kier alpha value is -4.86. The van der Waals surface area contributed by atoms with E-state index >= 15 is 0 Å². The number of nitrogens with one attached hydrogen (secondary N) is 3. The normalized spacial score (nSPS) is 22.2. The van der Waals surface area contributed by atoms with E-state index in [9.17, 15) is 9.90 Å². The van der Waals surface area contributed by atoms with E-state index in [1.807, 2.05) is 14.0 Å². The molecule has 8 bridgehead atoms. The molecule has 5 aliphatic heterocycles. The van der Waals surface area contributed by atoms with Crippen molar-refractivity contribution in [3.8, 4) is 0 Å². The molecule has 270 valence electrons. The van der Waals surface area contributed by atoms with Gasteiger partial charge in [-0.3, -0.25) is 4.79 Å². The fourth-order valence-electron chi connectivity index (χ4n) is 8.00. The molecule has 1 amide bonds. The van der Waals surface area contributed by atoms with Crippen LogP contribution in [-0.2, 0) is 16.1 Å². The SMILES string of the molecule is CCC1=C(C)C2=NC1=CC1=C(C)C3=C(O)CC(=C4NC(=CC5=NC(=C2)C(COCc2ccc(C)cc2)=C5C)C(C)[C@@H]4CCC(=O)NCCNC)C3=N1. The van der Waals surface area contributed by atoms with Crippen LogP contribution in [0.5, 0.6) is 0 Å². The van der Waals surface area contributed by atoms with Crippen LogP contribution >= 0.6 is 0 Å². The summed E-state index contributed by atoms with van der Waals surface area (Å²) in [6, 6.07) is 8.45. The Balaban J connectivity index is 1.32. The first-order valence-corrected chi connectivity index (χ1v) is 18.6. The summed E-state index contributed by atoms with van der Waals surface area (Å²) in [6.07, 6.45) is 8.63. The van der Waals surface area contributed by atoms with E-state index in [2.05, 4.69) is 93.1 Å². The fourth-order valence-corrected chi connectivity index (χ4v) is 8.00. The highest BCUT2D eigenvalue weighted by Crippen LogP contribution is 2.46. The monoisotopic (exact) mass is 698 g/mol. The standard InChI is InChI=1S/C43H50N6O3/c1-8-29-24(3)34-19-38-32(22-52-21-28-11-9-23(2)10-12-28)26(5)33(47-38)18-35-25(4)30(13-14-40(51)45-16-15-44-7)42(48-35)31-17-39(50)41-27(6)36(49-43(31)41)20-37(29)46-34/h9-12,18-20,25,30,44,48,50H,8,13-17,21-22H2,1-7H3,(H,45,51)/t25?,30-/m0/s1. The Labute approximate surface area is 307 Å². The number of aliphatic imine (C=N–C) groups is 3. The molecule has 4 N–H and O–H groups in total. The molecule has 7 rings (SSSR count). The van der Waals surface area contributed by atoms with Crippen LogP contribution < -0.4 is 16.0 Å². The smallest absolute Gasteiger partial charge is 0.220 e. The Kier molecular flexibility index (Phi) is 10.0. The van der Waals surface area contributed by atoms with Crippen molar-refractivity contribution >= 4 is 23.0 Å². The molecule has 0 aromatic heterocycles. The number of benzene rings is 1. The number of rotatable bonds is 11. The van der Waals surface area contributed by atoms with Crippen molar-refractivity contribution in [1.82, 2.24) is 16.0 Å². The maximum absolute atomic E-state index is 12.9. The van der Waals surface area contributed by atoms with Gasteiger partial charge in [0.05, 0.1) is 47.4 Å². The number of likely N-dealkylation sites (N-methyl/N-ethyl adjacent to an activating group) is 1. The van der Waals surface area contributed by atoms with Gasteiger partial charge in [-0.1, -0.05) is 43.7 Å². The van der Waals surface area contributed by atoms with E-state index in [0.29, 0.717) is 44.8 Å². The number of aliphatic hydroxyl groups is 1. The van der Waals surface area contributed by atoms with Crippen LogP contribution in [0.25, 0.3) is 0 Å². The van der Waals surface area contributed by atoms with Crippen molar-refractivity contribution in [2.75, 3.05) is 26.7 Å². The highest BCUT2D eigenvalue weighted by Gasteiger charge is 2.41. The van der Waals surface area contributed by atoms with Crippen LogP contribution in [-0.4, -0.2) is 54.9 Å². The van der Waals surface area contributed by atoms with E-state index < -0.39 is 0 Å². The van der Waals surface area contributed by atoms with Crippen LogP contribution in [0.2, 0.25) is 0 Å².